The first-order chi connectivity index (χ1) is 14.2. The third-order valence-corrected chi connectivity index (χ3v) is 6.04. The van der Waals surface area contributed by atoms with Gasteiger partial charge in [0.1, 0.15) is 5.60 Å². The topological polar surface area (TPSA) is 78.0 Å². The van der Waals surface area contributed by atoms with E-state index in [0.29, 0.717) is 25.2 Å². The number of aromatic nitrogens is 1. The van der Waals surface area contributed by atoms with Gasteiger partial charge < -0.3 is 19.9 Å². The molecule has 3 heterocycles. The molecule has 3 rings (SSSR count). The van der Waals surface area contributed by atoms with E-state index in [1.54, 1.807) is 29.4 Å². The third-order valence-electron chi connectivity index (χ3n) is 6.04. The van der Waals surface area contributed by atoms with E-state index in [0.717, 1.165) is 39.0 Å². The fourth-order valence-corrected chi connectivity index (χ4v) is 4.17. The normalized spacial score (nSPS) is 20.6. The first-order valence-corrected chi connectivity index (χ1v) is 10.8. The van der Waals surface area contributed by atoms with Crippen LogP contribution in [0.3, 0.4) is 0 Å². The summed E-state index contributed by atoms with van der Waals surface area (Å²) in [6.07, 6.45) is 4.63. The van der Waals surface area contributed by atoms with Gasteiger partial charge in [0.15, 0.2) is 0 Å². The Morgan fingerprint density at radius 3 is 2.23 bits per heavy atom. The van der Waals surface area contributed by atoms with Crippen LogP contribution in [0.5, 0.6) is 0 Å². The van der Waals surface area contributed by atoms with Crippen LogP contribution in [0.15, 0.2) is 24.5 Å². The van der Waals surface area contributed by atoms with Crippen molar-refractivity contribution in [3.63, 3.8) is 0 Å². The quantitative estimate of drug-likeness (QED) is 0.805. The highest BCUT2D eigenvalue weighted by Crippen LogP contribution is 2.30. The lowest BCUT2D eigenvalue weighted by molar-refractivity contribution is -0.0195. The lowest BCUT2D eigenvalue weighted by Gasteiger charge is -2.51. The molecule has 0 saturated carbocycles. The molecule has 0 spiro atoms. The van der Waals surface area contributed by atoms with Crippen molar-refractivity contribution < 1.29 is 14.3 Å². The number of carbonyl (C=O) groups excluding carboxylic acids is 2. The molecule has 1 N–H and O–H groups in total. The predicted octanol–water partition coefficient (Wildman–Crippen LogP) is 1.83. The number of piperazine rings is 1. The molecule has 166 valence electrons. The van der Waals surface area contributed by atoms with E-state index in [4.69, 9.17) is 4.74 Å². The molecule has 1 aromatic rings. The zero-order chi connectivity index (χ0) is 21.8. The molecular weight excluding hydrogens is 382 g/mol. The molecule has 0 radical (unpaired) electrons. The molecule has 8 heteroatoms. The molecule has 2 aliphatic heterocycles. The molecule has 2 saturated heterocycles. The molecule has 1 aromatic heterocycles. The van der Waals surface area contributed by atoms with E-state index in [1.165, 1.54) is 0 Å². The fourth-order valence-electron chi connectivity index (χ4n) is 4.17. The highest BCUT2D eigenvalue weighted by Gasteiger charge is 2.42. The number of carbonyl (C=O) groups is 2. The number of nitrogens with one attached hydrogen (secondary N) is 1. The summed E-state index contributed by atoms with van der Waals surface area (Å²) in [5.74, 6) is -0.0829. The van der Waals surface area contributed by atoms with Gasteiger partial charge >= 0.3 is 6.09 Å². The number of piperidine rings is 1. The van der Waals surface area contributed by atoms with E-state index in [-0.39, 0.29) is 17.5 Å². The first-order valence-electron chi connectivity index (χ1n) is 10.8. The van der Waals surface area contributed by atoms with Gasteiger partial charge in [-0.2, -0.15) is 0 Å². The van der Waals surface area contributed by atoms with Crippen LogP contribution in [0.2, 0.25) is 0 Å². The second-order valence-corrected chi connectivity index (χ2v) is 9.40. The summed E-state index contributed by atoms with van der Waals surface area (Å²) < 4.78 is 5.55. The maximum absolute atomic E-state index is 12.6. The Kier molecular flexibility index (Phi) is 6.98. The Balaban J connectivity index is 1.67. The summed E-state index contributed by atoms with van der Waals surface area (Å²) in [6, 6.07) is 3.45. The van der Waals surface area contributed by atoms with Crippen LogP contribution in [0, 0.1) is 0 Å². The monoisotopic (exact) mass is 417 g/mol. The molecule has 0 aliphatic carbocycles. The molecule has 2 amide bonds. The number of amides is 2. The number of hydrogen-bond donors (Lipinski definition) is 1. The summed E-state index contributed by atoms with van der Waals surface area (Å²) in [6.45, 7) is 11.4. The fraction of sp³-hybridized carbons (Fsp3) is 0.682. The number of nitrogens with zero attached hydrogens (tertiary/aromatic N) is 4. The van der Waals surface area contributed by atoms with Crippen molar-refractivity contribution in [1.29, 1.82) is 0 Å². The van der Waals surface area contributed by atoms with Crippen LogP contribution in [0.1, 0.15) is 44.0 Å². The molecule has 0 aromatic carbocycles. The van der Waals surface area contributed by atoms with Crippen molar-refractivity contribution in [3.05, 3.63) is 30.1 Å². The number of ether oxygens (including phenoxy) is 1. The van der Waals surface area contributed by atoms with E-state index in [2.05, 4.69) is 27.1 Å². The molecule has 2 aliphatic rings. The van der Waals surface area contributed by atoms with Crippen LogP contribution >= 0.6 is 0 Å². The number of rotatable bonds is 4. The Hall–Kier alpha value is -2.19. The van der Waals surface area contributed by atoms with Crippen molar-refractivity contribution in [1.82, 2.24) is 25.0 Å². The SMILES string of the molecule is CN1CCN(C2(CNC(=O)c3ccncc3)CCN(C(=O)OC(C)(C)C)CC2)CC1. The standard InChI is InChI=1S/C22H35N5O3/c1-21(2,3)30-20(29)26-11-7-22(8-12-26,27-15-13-25(4)14-16-27)17-24-19(28)18-5-9-23-10-6-18/h5-6,9-10H,7-8,11-17H2,1-4H3,(H,24,28). The molecule has 30 heavy (non-hydrogen) atoms. The van der Waals surface area contributed by atoms with Gasteiger partial charge in [-0.3, -0.25) is 14.7 Å². The van der Waals surface area contributed by atoms with Gasteiger partial charge in [0, 0.05) is 69.3 Å². The first kappa shape index (κ1) is 22.5. The van der Waals surface area contributed by atoms with Gasteiger partial charge in [-0.1, -0.05) is 0 Å². The second-order valence-electron chi connectivity index (χ2n) is 9.40. The van der Waals surface area contributed by atoms with Crippen molar-refractivity contribution >= 4 is 12.0 Å². The molecule has 0 bridgehead atoms. The predicted molar refractivity (Wildman–Crippen MR) is 115 cm³/mol. The lowest BCUT2D eigenvalue weighted by atomic mass is 9.84. The van der Waals surface area contributed by atoms with Crippen LogP contribution in [0.25, 0.3) is 0 Å². The van der Waals surface area contributed by atoms with Crippen LogP contribution in [-0.2, 0) is 4.74 Å². The van der Waals surface area contributed by atoms with Gasteiger partial charge in [0.25, 0.3) is 5.91 Å². The third kappa shape index (κ3) is 5.70. The van der Waals surface area contributed by atoms with Crippen molar-refractivity contribution in [3.8, 4) is 0 Å². The van der Waals surface area contributed by atoms with Gasteiger partial charge in [-0.05, 0) is 52.8 Å². The van der Waals surface area contributed by atoms with Gasteiger partial charge in [-0.15, -0.1) is 0 Å². The van der Waals surface area contributed by atoms with Gasteiger partial charge in [0.2, 0.25) is 0 Å². The Morgan fingerprint density at radius 2 is 1.67 bits per heavy atom. The summed E-state index contributed by atoms with van der Waals surface area (Å²) >= 11 is 0. The Morgan fingerprint density at radius 1 is 1.07 bits per heavy atom. The summed E-state index contributed by atoms with van der Waals surface area (Å²) in [7, 11) is 2.14. The number of likely N-dealkylation sites (N-methyl/N-ethyl adjacent to an activating group) is 1. The maximum atomic E-state index is 12.6. The van der Waals surface area contributed by atoms with Gasteiger partial charge in [-0.25, -0.2) is 4.79 Å². The lowest BCUT2D eigenvalue weighted by Crippen LogP contribution is -2.64. The minimum Gasteiger partial charge on any atom is -0.444 e. The van der Waals surface area contributed by atoms with Crippen LogP contribution in [-0.4, -0.2) is 95.7 Å². The van der Waals surface area contributed by atoms with E-state index in [9.17, 15) is 9.59 Å². The number of likely N-dealkylation sites (tertiary alicyclic amines) is 1. The average molecular weight is 418 g/mol. The minimum atomic E-state index is -0.498. The molecule has 2 fully saturated rings. The highest BCUT2D eigenvalue weighted by atomic mass is 16.6. The van der Waals surface area contributed by atoms with Crippen molar-refractivity contribution in [2.75, 3.05) is 52.9 Å². The summed E-state index contributed by atoms with van der Waals surface area (Å²) in [5.41, 5.74) is -0.0333. The van der Waals surface area contributed by atoms with Crippen LogP contribution in [0.4, 0.5) is 4.79 Å². The summed E-state index contributed by atoms with van der Waals surface area (Å²) in [4.78, 5) is 35.8. The zero-order valence-corrected chi connectivity index (χ0v) is 18.7. The molecule has 8 nitrogen and oxygen atoms in total. The number of hydrogen-bond acceptors (Lipinski definition) is 6. The molecule has 0 atom stereocenters. The van der Waals surface area contributed by atoms with E-state index < -0.39 is 5.60 Å². The van der Waals surface area contributed by atoms with Crippen LogP contribution < -0.4 is 5.32 Å². The molecular formula is C22H35N5O3. The van der Waals surface area contributed by atoms with E-state index in [1.807, 2.05) is 20.8 Å². The van der Waals surface area contributed by atoms with Crippen molar-refractivity contribution in [2.45, 2.75) is 44.8 Å². The average Bonchev–Trinajstić information content (AvgIpc) is 2.72. The number of pyridine rings is 1. The van der Waals surface area contributed by atoms with Gasteiger partial charge in [0.05, 0.1) is 0 Å². The Bertz CT molecular complexity index is 718. The summed E-state index contributed by atoms with van der Waals surface area (Å²) in [5, 5.41) is 3.14. The van der Waals surface area contributed by atoms with Crippen molar-refractivity contribution in [2.24, 2.45) is 0 Å². The second kappa shape index (κ2) is 9.31. The van der Waals surface area contributed by atoms with E-state index >= 15 is 0 Å². The zero-order valence-electron chi connectivity index (χ0n) is 18.7. The maximum Gasteiger partial charge on any atom is 0.410 e. The Labute approximate surface area is 179 Å². The minimum absolute atomic E-state index is 0.0829. The highest BCUT2D eigenvalue weighted by molar-refractivity contribution is 5.94. The molecule has 0 unspecified atom stereocenters. The largest absolute Gasteiger partial charge is 0.444 e. The smallest absolute Gasteiger partial charge is 0.410 e.